The highest BCUT2D eigenvalue weighted by Crippen LogP contribution is 2.32. The molecule has 0 unspecified atom stereocenters. The van der Waals surface area contributed by atoms with Crippen molar-refractivity contribution in [2.75, 3.05) is 14.2 Å². The van der Waals surface area contributed by atoms with Gasteiger partial charge < -0.3 is 29.4 Å². The van der Waals surface area contributed by atoms with Crippen molar-refractivity contribution in [3.8, 4) is 11.5 Å². The van der Waals surface area contributed by atoms with E-state index in [2.05, 4.69) is 5.32 Å². The van der Waals surface area contributed by atoms with E-state index in [9.17, 15) is 14.7 Å². The van der Waals surface area contributed by atoms with Crippen LogP contribution in [0, 0.1) is 5.92 Å². The molecular weight excluding hydrogens is 326 g/mol. The molecule has 0 radical (unpaired) electrons. The highest BCUT2D eigenvalue weighted by atomic mass is 16.6. The van der Waals surface area contributed by atoms with Crippen LogP contribution >= 0.6 is 0 Å². The quantitative estimate of drug-likeness (QED) is 0.767. The molecule has 0 saturated heterocycles. The third-order valence-electron chi connectivity index (χ3n) is 4.13. The van der Waals surface area contributed by atoms with E-state index in [1.54, 1.807) is 39.0 Å². The first-order valence-corrected chi connectivity index (χ1v) is 8.08. The fourth-order valence-corrected chi connectivity index (χ4v) is 2.27. The summed E-state index contributed by atoms with van der Waals surface area (Å²) in [6.07, 6.45) is -0.253. The minimum absolute atomic E-state index is 0.280. The maximum atomic E-state index is 12.2. The number of hydrogen-bond donors (Lipinski definition) is 1. The van der Waals surface area contributed by atoms with Gasteiger partial charge in [0.1, 0.15) is 17.1 Å². The number of carbonyl (C=O) groups is 2. The average molecular weight is 352 g/mol. The van der Waals surface area contributed by atoms with Gasteiger partial charge in [0.25, 0.3) is 0 Å². The Kier molecular flexibility index (Phi) is 7.09. The maximum absolute atomic E-state index is 12.2. The van der Waals surface area contributed by atoms with Crippen LogP contribution in [0.5, 0.6) is 11.5 Å². The molecule has 25 heavy (non-hydrogen) atoms. The van der Waals surface area contributed by atoms with E-state index in [0.717, 1.165) is 0 Å². The molecule has 0 heterocycles. The Morgan fingerprint density at radius 3 is 2.08 bits per heavy atom. The second-order valence-corrected chi connectivity index (χ2v) is 6.33. The number of aliphatic carboxylic acids is 1. The van der Waals surface area contributed by atoms with Crippen molar-refractivity contribution in [2.45, 2.75) is 45.8 Å². The molecule has 1 N–H and O–H groups in total. The van der Waals surface area contributed by atoms with Gasteiger partial charge in [-0.2, -0.15) is 0 Å². The molecule has 1 aromatic rings. The van der Waals surface area contributed by atoms with Crippen LogP contribution in [0.25, 0.3) is 0 Å². The number of amides is 1. The number of alkyl carbamates (subject to hydrolysis) is 1. The number of benzene rings is 1. The third kappa shape index (κ3) is 5.55. The first-order valence-electron chi connectivity index (χ1n) is 8.08. The molecule has 0 aliphatic heterocycles. The molecule has 7 heteroatoms. The second-order valence-electron chi connectivity index (χ2n) is 6.33. The first-order chi connectivity index (χ1) is 11.6. The van der Waals surface area contributed by atoms with Crippen molar-refractivity contribution in [1.29, 1.82) is 0 Å². The van der Waals surface area contributed by atoms with Gasteiger partial charge in [0.15, 0.2) is 0 Å². The Morgan fingerprint density at radius 2 is 1.68 bits per heavy atom. The normalized spacial score (nSPS) is 13.5. The summed E-state index contributed by atoms with van der Waals surface area (Å²) < 4.78 is 15.9. The van der Waals surface area contributed by atoms with Crippen LogP contribution in [0.4, 0.5) is 4.79 Å². The molecule has 1 rings (SSSR count). The number of carbonyl (C=O) groups excluding carboxylic acids is 2. The van der Waals surface area contributed by atoms with Crippen molar-refractivity contribution in [3.63, 3.8) is 0 Å². The number of rotatable bonds is 8. The predicted molar refractivity (Wildman–Crippen MR) is 90.4 cm³/mol. The van der Waals surface area contributed by atoms with Crippen LogP contribution in [-0.2, 0) is 15.1 Å². The largest absolute Gasteiger partial charge is 0.548 e. The summed E-state index contributed by atoms with van der Waals surface area (Å²) in [7, 11) is 3.05. The Hall–Kier alpha value is -2.44. The summed E-state index contributed by atoms with van der Waals surface area (Å²) in [5.74, 6) is -0.512. The van der Waals surface area contributed by atoms with Crippen molar-refractivity contribution >= 4 is 12.1 Å². The Balaban J connectivity index is 2.96. The Bertz CT molecular complexity index is 591. The number of carboxylic acids is 1. The summed E-state index contributed by atoms with van der Waals surface area (Å²) in [5.41, 5.74) is -0.384. The van der Waals surface area contributed by atoms with Gasteiger partial charge in [0.05, 0.1) is 26.2 Å². The molecule has 0 spiro atoms. The van der Waals surface area contributed by atoms with E-state index >= 15 is 0 Å². The molecule has 2 atom stereocenters. The molecule has 0 fully saturated rings. The van der Waals surface area contributed by atoms with Crippen molar-refractivity contribution in [2.24, 2.45) is 5.92 Å². The standard InChI is InChI=1S/C18H27NO6/c1-7-11(2)15(16(20)21)19-17(22)25-18(3,4)12-8-13(23-5)10-14(9-12)24-6/h8-11,15H,7H2,1-6H3,(H,19,22)(H,20,21)/p-1/t11-,15+/m1/s1. The van der Waals surface area contributed by atoms with Crippen LogP contribution in [0.15, 0.2) is 18.2 Å². The van der Waals surface area contributed by atoms with E-state index in [-0.39, 0.29) is 5.92 Å². The van der Waals surface area contributed by atoms with Gasteiger partial charge in [-0.1, -0.05) is 20.3 Å². The van der Waals surface area contributed by atoms with Crippen LogP contribution in [0.2, 0.25) is 0 Å². The molecule has 0 aliphatic carbocycles. The number of nitrogens with one attached hydrogen (secondary N) is 1. The molecule has 1 amide bonds. The van der Waals surface area contributed by atoms with Crippen LogP contribution in [0.3, 0.4) is 0 Å². The number of carboxylic acid groups (broad SMARTS) is 1. The van der Waals surface area contributed by atoms with Gasteiger partial charge in [-0.05, 0) is 31.9 Å². The summed E-state index contributed by atoms with van der Waals surface area (Å²) >= 11 is 0. The van der Waals surface area contributed by atoms with Gasteiger partial charge in [-0.25, -0.2) is 4.79 Å². The van der Waals surface area contributed by atoms with E-state index in [4.69, 9.17) is 14.2 Å². The van der Waals surface area contributed by atoms with Gasteiger partial charge in [-0.3, -0.25) is 0 Å². The van der Waals surface area contributed by atoms with E-state index in [1.807, 2.05) is 6.92 Å². The minimum Gasteiger partial charge on any atom is -0.548 e. The van der Waals surface area contributed by atoms with Gasteiger partial charge in [0.2, 0.25) is 0 Å². The molecule has 1 aromatic carbocycles. The fraction of sp³-hybridized carbons (Fsp3) is 0.556. The van der Waals surface area contributed by atoms with Crippen molar-refractivity contribution < 1.29 is 28.9 Å². The van der Waals surface area contributed by atoms with E-state index < -0.39 is 23.7 Å². The number of hydrogen-bond acceptors (Lipinski definition) is 6. The highest BCUT2D eigenvalue weighted by molar-refractivity contribution is 5.79. The lowest BCUT2D eigenvalue weighted by Crippen LogP contribution is -2.52. The second kappa shape index (κ2) is 8.60. The topological polar surface area (TPSA) is 96.9 Å². The predicted octanol–water partition coefficient (Wildman–Crippen LogP) is 1.83. The summed E-state index contributed by atoms with van der Waals surface area (Å²) in [6, 6.07) is 4.03. The van der Waals surface area contributed by atoms with Gasteiger partial charge in [-0.15, -0.1) is 0 Å². The zero-order chi connectivity index (χ0) is 19.2. The van der Waals surface area contributed by atoms with Crippen LogP contribution in [-0.4, -0.2) is 32.3 Å². The summed E-state index contributed by atoms with van der Waals surface area (Å²) in [6.45, 7) is 6.94. The van der Waals surface area contributed by atoms with Crippen molar-refractivity contribution in [3.05, 3.63) is 23.8 Å². The monoisotopic (exact) mass is 352 g/mol. The number of methoxy groups -OCH3 is 2. The van der Waals surface area contributed by atoms with Gasteiger partial charge >= 0.3 is 6.09 Å². The lowest BCUT2D eigenvalue weighted by molar-refractivity contribution is -0.309. The van der Waals surface area contributed by atoms with E-state index in [1.165, 1.54) is 14.2 Å². The molecular formula is C18H26NO6-. The summed E-state index contributed by atoms with van der Waals surface area (Å²) in [5, 5.41) is 13.6. The zero-order valence-electron chi connectivity index (χ0n) is 15.5. The smallest absolute Gasteiger partial charge is 0.408 e. The lowest BCUT2D eigenvalue weighted by atomic mass is 9.97. The lowest BCUT2D eigenvalue weighted by Gasteiger charge is -2.30. The Labute approximate surface area is 148 Å². The molecule has 7 nitrogen and oxygen atoms in total. The minimum atomic E-state index is -1.34. The fourth-order valence-electron chi connectivity index (χ4n) is 2.27. The summed E-state index contributed by atoms with van der Waals surface area (Å²) in [4.78, 5) is 23.4. The molecule has 0 aromatic heterocycles. The SMILES string of the molecule is CC[C@@H](C)[C@H](NC(=O)OC(C)(C)c1cc(OC)cc(OC)c1)C(=O)[O-]. The maximum Gasteiger partial charge on any atom is 0.408 e. The third-order valence-corrected chi connectivity index (χ3v) is 4.13. The van der Waals surface area contributed by atoms with Gasteiger partial charge in [0, 0.05) is 11.6 Å². The van der Waals surface area contributed by atoms with E-state index in [0.29, 0.717) is 23.5 Å². The highest BCUT2D eigenvalue weighted by Gasteiger charge is 2.29. The molecule has 0 bridgehead atoms. The molecule has 0 aliphatic rings. The van der Waals surface area contributed by atoms with Crippen LogP contribution in [0.1, 0.15) is 39.7 Å². The molecule has 0 saturated carbocycles. The number of ether oxygens (including phenoxy) is 3. The van der Waals surface area contributed by atoms with Crippen molar-refractivity contribution in [1.82, 2.24) is 5.32 Å². The zero-order valence-corrected chi connectivity index (χ0v) is 15.5. The first kappa shape index (κ1) is 20.6. The average Bonchev–Trinajstić information content (AvgIpc) is 2.57. The molecule has 140 valence electrons. The van der Waals surface area contributed by atoms with Crippen LogP contribution < -0.4 is 19.9 Å². The Morgan fingerprint density at radius 1 is 1.16 bits per heavy atom.